The summed E-state index contributed by atoms with van der Waals surface area (Å²) in [5.74, 6) is 0.0552. The molecule has 0 aliphatic carbocycles. The Labute approximate surface area is 129 Å². The lowest BCUT2D eigenvalue weighted by Gasteiger charge is -2.26. The van der Waals surface area contributed by atoms with E-state index >= 15 is 0 Å². The summed E-state index contributed by atoms with van der Waals surface area (Å²) in [4.78, 5) is 12.2. The van der Waals surface area contributed by atoms with Crippen molar-refractivity contribution in [2.45, 2.75) is 71.9 Å². The van der Waals surface area contributed by atoms with Gasteiger partial charge >= 0.3 is 0 Å². The van der Waals surface area contributed by atoms with Crippen LogP contribution >= 0.6 is 0 Å². The molecule has 0 bridgehead atoms. The number of nitrogens with one attached hydrogen (secondary N) is 2. The van der Waals surface area contributed by atoms with Crippen molar-refractivity contribution in [2.75, 3.05) is 5.32 Å². The van der Waals surface area contributed by atoms with Crippen molar-refractivity contribution in [3.05, 3.63) is 29.8 Å². The number of para-hydroxylation sites is 1. The van der Waals surface area contributed by atoms with Crippen molar-refractivity contribution in [1.29, 1.82) is 0 Å². The van der Waals surface area contributed by atoms with E-state index in [0.717, 1.165) is 18.5 Å². The van der Waals surface area contributed by atoms with Crippen LogP contribution in [-0.4, -0.2) is 18.0 Å². The van der Waals surface area contributed by atoms with Crippen LogP contribution in [0.3, 0.4) is 0 Å². The van der Waals surface area contributed by atoms with Gasteiger partial charge in [0.15, 0.2) is 0 Å². The fourth-order valence-corrected chi connectivity index (χ4v) is 2.43. The third-order valence-corrected chi connectivity index (χ3v) is 3.61. The lowest BCUT2D eigenvalue weighted by Crippen LogP contribution is -2.42. The normalized spacial score (nSPS) is 14.4. The second kappa shape index (κ2) is 7.48. The molecule has 0 heterocycles. The first-order valence-electron chi connectivity index (χ1n) is 7.92. The Morgan fingerprint density at radius 2 is 1.81 bits per heavy atom. The van der Waals surface area contributed by atoms with Gasteiger partial charge in [-0.3, -0.25) is 4.79 Å². The van der Waals surface area contributed by atoms with E-state index in [1.165, 1.54) is 5.56 Å². The van der Waals surface area contributed by atoms with Crippen LogP contribution in [0, 0.1) is 0 Å². The standard InChI is InChI=1S/C18H30N2O/c1-7-10-13(2)19-17(21)14(3)20-16-12-9-8-11-15(16)18(4,5)6/h8-9,11-14,20H,7,10H2,1-6H3,(H,19,21). The number of amides is 1. The zero-order valence-corrected chi connectivity index (χ0v) is 14.3. The molecular weight excluding hydrogens is 260 g/mol. The second-order valence-corrected chi connectivity index (χ2v) is 6.86. The molecule has 0 spiro atoms. The summed E-state index contributed by atoms with van der Waals surface area (Å²) in [7, 11) is 0. The molecule has 3 heteroatoms. The van der Waals surface area contributed by atoms with Crippen LogP contribution in [0.4, 0.5) is 5.69 Å². The lowest BCUT2D eigenvalue weighted by atomic mass is 9.85. The van der Waals surface area contributed by atoms with Crippen LogP contribution in [0.25, 0.3) is 0 Å². The topological polar surface area (TPSA) is 41.1 Å². The zero-order chi connectivity index (χ0) is 16.0. The van der Waals surface area contributed by atoms with Gasteiger partial charge in [0.1, 0.15) is 6.04 Å². The van der Waals surface area contributed by atoms with Gasteiger partial charge < -0.3 is 10.6 Å². The minimum Gasteiger partial charge on any atom is -0.374 e. The first kappa shape index (κ1) is 17.5. The number of hydrogen-bond acceptors (Lipinski definition) is 2. The van der Waals surface area contributed by atoms with E-state index in [-0.39, 0.29) is 23.4 Å². The van der Waals surface area contributed by atoms with Crippen LogP contribution in [0.15, 0.2) is 24.3 Å². The Balaban J connectivity index is 2.75. The van der Waals surface area contributed by atoms with E-state index in [1.54, 1.807) is 0 Å². The predicted molar refractivity (Wildman–Crippen MR) is 90.7 cm³/mol. The van der Waals surface area contributed by atoms with Gasteiger partial charge in [0.25, 0.3) is 0 Å². The molecule has 118 valence electrons. The Morgan fingerprint density at radius 1 is 1.19 bits per heavy atom. The first-order valence-corrected chi connectivity index (χ1v) is 7.92. The minimum absolute atomic E-state index is 0.0509. The average molecular weight is 290 g/mol. The van der Waals surface area contributed by atoms with Gasteiger partial charge in [-0.25, -0.2) is 0 Å². The fourth-order valence-electron chi connectivity index (χ4n) is 2.43. The van der Waals surface area contributed by atoms with E-state index in [0.29, 0.717) is 0 Å². The summed E-state index contributed by atoms with van der Waals surface area (Å²) >= 11 is 0. The molecular formula is C18H30N2O. The molecule has 1 aromatic carbocycles. The SMILES string of the molecule is CCCC(C)NC(=O)C(C)Nc1ccccc1C(C)(C)C. The average Bonchev–Trinajstić information content (AvgIpc) is 2.38. The Bertz CT molecular complexity index is 463. The van der Waals surface area contributed by atoms with Gasteiger partial charge in [-0.15, -0.1) is 0 Å². The molecule has 0 aromatic heterocycles. The first-order chi connectivity index (χ1) is 9.75. The summed E-state index contributed by atoms with van der Waals surface area (Å²) in [6.07, 6.45) is 2.09. The molecule has 2 atom stereocenters. The van der Waals surface area contributed by atoms with Gasteiger partial charge in [-0.05, 0) is 37.3 Å². The van der Waals surface area contributed by atoms with E-state index < -0.39 is 0 Å². The summed E-state index contributed by atoms with van der Waals surface area (Å²) in [5, 5.41) is 6.41. The molecule has 1 rings (SSSR count). The molecule has 1 amide bonds. The van der Waals surface area contributed by atoms with Gasteiger partial charge in [-0.2, -0.15) is 0 Å². The van der Waals surface area contributed by atoms with Gasteiger partial charge in [0.2, 0.25) is 5.91 Å². The highest BCUT2D eigenvalue weighted by atomic mass is 16.2. The van der Waals surface area contributed by atoms with Gasteiger partial charge in [0, 0.05) is 11.7 Å². The molecule has 0 aliphatic heterocycles. The molecule has 0 radical (unpaired) electrons. The number of carbonyl (C=O) groups is 1. The Kier molecular flexibility index (Phi) is 6.25. The van der Waals surface area contributed by atoms with Crippen molar-refractivity contribution in [3.63, 3.8) is 0 Å². The van der Waals surface area contributed by atoms with E-state index in [9.17, 15) is 4.79 Å². The molecule has 0 saturated heterocycles. The molecule has 0 fully saturated rings. The highest BCUT2D eigenvalue weighted by Gasteiger charge is 2.20. The molecule has 0 aliphatic rings. The smallest absolute Gasteiger partial charge is 0.242 e. The highest BCUT2D eigenvalue weighted by Crippen LogP contribution is 2.29. The third-order valence-electron chi connectivity index (χ3n) is 3.61. The van der Waals surface area contributed by atoms with Crippen LogP contribution in [-0.2, 0) is 10.2 Å². The highest BCUT2D eigenvalue weighted by molar-refractivity contribution is 5.84. The Hall–Kier alpha value is -1.51. The van der Waals surface area contributed by atoms with E-state index in [1.807, 2.05) is 25.1 Å². The van der Waals surface area contributed by atoms with Crippen molar-refractivity contribution in [1.82, 2.24) is 5.32 Å². The molecule has 2 unspecified atom stereocenters. The Morgan fingerprint density at radius 3 is 2.38 bits per heavy atom. The van der Waals surface area contributed by atoms with Crippen molar-refractivity contribution in [2.24, 2.45) is 0 Å². The van der Waals surface area contributed by atoms with E-state index in [4.69, 9.17) is 0 Å². The van der Waals surface area contributed by atoms with Gasteiger partial charge in [0.05, 0.1) is 0 Å². The lowest BCUT2D eigenvalue weighted by molar-refractivity contribution is -0.122. The van der Waals surface area contributed by atoms with Crippen molar-refractivity contribution >= 4 is 11.6 Å². The van der Waals surface area contributed by atoms with Crippen LogP contribution in [0.1, 0.15) is 59.9 Å². The zero-order valence-electron chi connectivity index (χ0n) is 14.3. The maximum atomic E-state index is 12.2. The number of rotatable bonds is 6. The summed E-state index contributed by atoms with van der Waals surface area (Å²) in [5.41, 5.74) is 2.32. The summed E-state index contributed by atoms with van der Waals surface area (Å²) < 4.78 is 0. The minimum atomic E-state index is -0.243. The molecule has 0 saturated carbocycles. The summed E-state index contributed by atoms with van der Waals surface area (Å²) in [6.45, 7) is 12.6. The maximum absolute atomic E-state index is 12.2. The number of benzene rings is 1. The fraction of sp³-hybridized carbons (Fsp3) is 0.611. The number of carbonyl (C=O) groups excluding carboxylic acids is 1. The molecule has 3 nitrogen and oxygen atoms in total. The number of anilines is 1. The van der Waals surface area contributed by atoms with Gasteiger partial charge in [-0.1, -0.05) is 52.3 Å². The number of hydrogen-bond donors (Lipinski definition) is 2. The maximum Gasteiger partial charge on any atom is 0.242 e. The molecule has 21 heavy (non-hydrogen) atoms. The van der Waals surface area contributed by atoms with Crippen LogP contribution in [0.2, 0.25) is 0 Å². The van der Waals surface area contributed by atoms with Crippen molar-refractivity contribution in [3.8, 4) is 0 Å². The monoisotopic (exact) mass is 290 g/mol. The predicted octanol–water partition coefficient (Wildman–Crippen LogP) is 4.09. The molecule has 1 aromatic rings. The molecule has 2 N–H and O–H groups in total. The third kappa shape index (κ3) is 5.41. The van der Waals surface area contributed by atoms with Crippen LogP contribution in [0.5, 0.6) is 0 Å². The van der Waals surface area contributed by atoms with E-state index in [2.05, 4.69) is 51.3 Å². The largest absolute Gasteiger partial charge is 0.374 e. The second-order valence-electron chi connectivity index (χ2n) is 6.86. The van der Waals surface area contributed by atoms with Crippen molar-refractivity contribution < 1.29 is 4.79 Å². The quantitative estimate of drug-likeness (QED) is 0.828. The van der Waals surface area contributed by atoms with Crippen LogP contribution < -0.4 is 10.6 Å². The summed E-state index contributed by atoms with van der Waals surface area (Å²) in [6, 6.07) is 8.19.